The van der Waals surface area contributed by atoms with Crippen molar-refractivity contribution in [3.63, 3.8) is 0 Å². The van der Waals surface area contributed by atoms with Gasteiger partial charge in [0.15, 0.2) is 0 Å². The summed E-state index contributed by atoms with van der Waals surface area (Å²) >= 11 is 7.61. The van der Waals surface area contributed by atoms with Crippen LogP contribution in [0.5, 0.6) is 0 Å². The van der Waals surface area contributed by atoms with Crippen LogP contribution in [-0.4, -0.2) is 31.1 Å². The summed E-state index contributed by atoms with van der Waals surface area (Å²) in [6, 6.07) is 2.04. The summed E-state index contributed by atoms with van der Waals surface area (Å²) in [5, 5.41) is 6.33. The van der Waals surface area contributed by atoms with Crippen LogP contribution in [0.15, 0.2) is 11.4 Å². The van der Waals surface area contributed by atoms with Crippen molar-refractivity contribution in [3.8, 4) is 0 Å². The van der Waals surface area contributed by atoms with Crippen LogP contribution in [0, 0.1) is 5.92 Å². The first-order chi connectivity index (χ1) is 8.24. The zero-order chi connectivity index (χ0) is 12.1. The zero-order valence-electron chi connectivity index (χ0n) is 10.4. The van der Waals surface area contributed by atoms with E-state index in [1.54, 1.807) is 11.3 Å². The van der Waals surface area contributed by atoms with E-state index in [-0.39, 0.29) is 0 Å². The maximum absolute atomic E-state index is 5.88. The third-order valence-corrected chi connectivity index (χ3v) is 4.69. The Morgan fingerprint density at radius 2 is 2.24 bits per heavy atom. The molecule has 0 atom stereocenters. The van der Waals surface area contributed by atoms with Crippen molar-refractivity contribution >= 4 is 22.9 Å². The number of likely N-dealkylation sites (tertiary alicyclic amines) is 1. The van der Waals surface area contributed by atoms with Crippen molar-refractivity contribution in [2.45, 2.75) is 26.3 Å². The van der Waals surface area contributed by atoms with Crippen molar-refractivity contribution in [1.29, 1.82) is 0 Å². The fraction of sp³-hybridized carbons (Fsp3) is 0.692. The summed E-state index contributed by atoms with van der Waals surface area (Å²) < 4.78 is 0. The lowest BCUT2D eigenvalue weighted by molar-refractivity contribution is 0.193. The molecule has 2 nitrogen and oxygen atoms in total. The van der Waals surface area contributed by atoms with Crippen LogP contribution in [0.2, 0.25) is 5.02 Å². The molecule has 0 amide bonds. The molecule has 1 saturated heterocycles. The van der Waals surface area contributed by atoms with Gasteiger partial charge < -0.3 is 10.2 Å². The Morgan fingerprint density at radius 1 is 1.47 bits per heavy atom. The maximum Gasteiger partial charge on any atom is 0.0516 e. The van der Waals surface area contributed by atoms with Gasteiger partial charge in [-0.3, -0.25) is 0 Å². The van der Waals surface area contributed by atoms with Crippen molar-refractivity contribution in [1.82, 2.24) is 10.2 Å². The molecule has 1 aliphatic rings. The fourth-order valence-electron chi connectivity index (χ4n) is 2.18. The molecule has 2 heterocycles. The SMILES string of the molecule is CC1CCN(CCNCc2cc(Cl)cs2)CC1. The van der Waals surface area contributed by atoms with Crippen molar-refractivity contribution in [2.75, 3.05) is 26.2 Å². The molecule has 1 aromatic rings. The summed E-state index contributed by atoms with van der Waals surface area (Å²) in [6.45, 7) is 8.09. The second-order valence-corrected chi connectivity index (χ2v) is 6.36. The van der Waals surface area contributed by atoms with E-state index in [1.807, 2.05) is 11.4 Å². The van der Waals surface area contributed by atoms with E-state index in [0.717, 1.165) is 24.0 Å². The van der Waals surface area contributed by atoms with Crippen LogP contribution in [0.4, 0.5) is 0 Å². The van der Waals surface area contributed by atoms with E-state index in [2.05, 4.69) is 17.1 Å². The van der Waals surface area contributed by atoms with E-state index in [0.29, 0.717) is 0 Å². The van der Waals surface area contributed by atoms with Gasteiger partial charge in [-0.1, -0.05) is 18.5 Å². The van der Waals surface area contributed by atoms with E-state index < -0.39 is 0 Å². The number of hydrogen-bond acceptors (Lipinski definition) is 3. The number of hydrogen-bond donors (Lipinski definition) is 1. The lowest BCUT2D eigenvalue weighted by Gasteiger charge is -2.30. The summed E-state index contributed by atoms with van der Waals surface area (Å²) in [5.74, 6) is 0.924. The highest BCUT2D eigenvalue weighted by molar-refractivity contribution is 7.10. The molecule has 0 spiro atoms. The second kappa shape index (κ2) is 6.74. The minimum Gasteiger partial charge on any atom is -0.311 e. The lowest BCUT2D eigenvalue weighted by atomic mass is 9.99. The Balaban J connectivity index is 1.57. The first-order valence-corrected chi connectivity index (χ1v) is 7.66. The van der Waals surface area contributed by atoms with Crippen LogP contribution in [0.1, 0.15) is 24.6 Å². The van der Waals surface area contributed by atoms with Gasteiger partial charge in [-0.25, -0.2) is 0 Å². The predicted molar refractivity (Wildman–Crippen MR) is 75.9 cm³/mol. The maximum atomic E-state index is 5.88. The molecule has 2 rings (SSSR count). The van der Waals surface area contributed by atoms with E-state index in [4.69, 9.17) is 11.6 Å². The standard InChI is InChI=1S/C13H21ClN2S/c1-11-2-5-16(6-3-11)7-4-15-9-13-8-12(14)10-17-13/h8,10-11,15H,2-7,9H2,1H3. The molecule has 0 aromatic carbocycles. The summed E-state index contributed by atoms with van der Waals surface area (Å²) in [7, 11) is 0. The average Bonchev–Trinajstić information content (AvgIpc) is 2.73. The quantitative estimate of drug-likeness (QED) is 0.828. The summed E-state index contributed by atoms with van der Waals surface area (Å²) in [5.41, 5.74) is 0. The zero-order valence-corrected chi connectivity index (χ0v) is 12.0. The molecule has 1 aromatic heterocycles. The van der Waals surface area contributed by atoms with Gasteiger partial charge in [0.2, 0.25) is 0 Å². The minimum absolute atomic E-state index is 0.858. The third-order valence-electron chi connectivity index (χ3n) is 3.40. The van der Waals surface area contributed by atoms with Gasteiger partial charge in [0.1, 0.15) is 0 Å². The Morgan fingerprint density at radius 3 is 2.88 bits per heavy atom. The number of piperidine rings is 1. The van der Waals surface area contributed by atoms with Gasteiger partial charge in [-0.2, -0.15) is 0 Å². The summed E-state index contributed by atoms with van der Waals surface area (Å²) in [6.07, 6.45) is 2.72. The second-order valence-electron chi connectivity index (χ2n) is 4.93. The minimum atomic E-state index is 0.858. The molecule has 0 saturated carbocycles. The molecule has 1 fully saturated rings. The number of thiophene rings is 1. The van der Waals surface area contributed by atoms with Crippen molar-refractivity contribution < 1.29 is 0 Å². The molecule has 4 heteroatoms. The smallest absolute Gasteiger partial charge is 0.0516 e. The van der Waals surface area contributed by atoms with Crippen molar-refractivity contribution in [2.24, 2.45) is 5.92 Å². The van der Waals surface area contributed by atoms with Crippen LogP contribution in [0.25, 0.3) is 0 Å². The number of halogens is 1. The van der Waals surface area contributed by atoms with E-state index in [1.165, 1.54) is 37.4 Å². The highest BCUT2D eigenvalue weighted by Crippen LogP contribution is 2.18. The van der Waals surface area contributed by atoms with E-state index >= 15 is 0 Å². The highest BCUT2D eigenvalue weighted by Gasteiger charge is 2.14. The van der Waals surface area contributed by atoms with Crippen molar-refractivity contribution in [3.05, 3.63) is 21.3 Å². The van der Waals surface area contributed by atoms with Gasteiger partial charge in [-0.15, -0.1) is 11.3 Å². The molecule has 1 aliphatic heterocycles. The van der Waals surface area contributed by atoms with Crippen LogP contribution in [0.3, 0.4) is 0 Å². The number of nitrogens with zero attached hydrogens (tertiary/aromatic N) is 1. The molecule has 1 N–H and O–H groups in total. The van der Waals surface area contributed by atoms with Gasteiger partial charge in [0.25, 0.3) is 0 Å². The van der Waals surface area contributed by atoms with Crippen LogP contribution >= 0.6 is 22.9 Å². The van der Waals surface area contributed by atoms with Gasteiger partial charge in [-0.05, 0) is 37.9 Å². The average molecular weight is 273 g/mol. The molecule has 17 heavy (non-hydrogen) atoms. The first kappa shape index (κ1) is 13.3. The Kier molecular flexibility index (Phi) is 5.29. The highest BCUT2D eigenvalue weighted by atomic mass is 35.5. The van der Waals surface area contributed by atoms with Crippen LogP contribution in [-0.2, 0) is 6.54 Å². The Labute approximate surface area is 113 Å². The number of nitrogens with one attached hydrogen (secondary N) is 1. The summed E-state index contributed by atoms with van der Waals surface area (Å²) in [4.78, 5) is 3.89. The number of rotatable bonds is 5. The molecule has 0 aliphatic carbocycles. The van der Waals surface area contributed by atoms with Gasteiger partial charge >= 0.3 is 0 Å². The molecule has 0 unspecified atom stereocenters. The molecular weight excluding hydrogens is 252 g/mol. The Bertz CT molecular complexity index is 332. The molecule has 0 radical (unpaired) electrons. The van der Waals surface area contributed by atoms with Gasteiger partial charge in [0.05, 0.1) is 5.02 Å². The third kappa shape index (κ3) is 4.59. The molecule has 96 valence electrons. The topological polar surface area (TPSA) is 15.3 Å². The molecule has 0 bridgehead atoms. The van der Waals surface area contributed by atoms with E-state index in [9.17, 15) is 0 Å². The van der Waals surface area contributed by atoms with Crippen LogP contribution < -0.4 is 5.32 Å². The normalized spacial score (nSPS) is 18.7. The largest absolute Gasteiger partial charge is 0.311 e. The lowest BCUT2D eigenvalue weighted by Crippen LogP contribution is -2.37. The fourth-order valence-corrected chi connectivity index (χ4v) is 3.22. The Hall–Kier alpha value is -0.0900. The van der Waals surface area contributed by atoms with Gasteiger partial charge in [0, 0.05) is 29.9 Å². The first-order valence-electron chi connectivity index (χ1n) is 6.40. The molecular formula is C13H21ClN2S. The monoisotopic (exact) mass is 272 g/mol. The predicted octanol–water partition coefficient (Wildman–Crippen LogP) is 3.22.